The van der Waals surface area contributed by atoms with Crippen molar-refractivity contribution < 1.29 is 9.53 Å². The van der Waals surface area contributed by atoms with Gasteiger partial charge in [0.25, 0.3) is 5.91 Å². The van der Waals surface area contributed by atoms with Crippen molar-refractivity contribution in [3.63, 3.8) is 0 Å². The molecule has 3 rings (SSSR count). The maximum Gasteiger partial charge on any atom is 0.258 e. The number of fused-ring (bicyclic) bond motifs is 1. The molecular formula is C20H19BrN2O2. The summed E-state index contributed by atoms with van der Waals surface area (Å²) in [6.07, 6.45) is 0. The lowest BCUT2D eigenvalue weighted by molar-refractivity contribution is -0.123. The molecular weight excluding hydrogens is 380 g/mol. The number of ether oxygens (including phenoxy) is 1. The van der Waals surface area contributed by atoms with E-state index in [0.717, 1.165) is 26.6 Å². The van der Waals surface area contributed by atoms with E-state index in [9.17, 15) is 4.79 Å². The Kier molecular flexibility index (Phi) is 5.34. The number of para-hydroxylation sites is 1. The number of nitrogens with one attached hydrogen (secondary N) is 1. The molecule has 4 nitrogen and oxygen atoms in total. The quantitative estimate of drug-likeness (QED) is 0.684. The van der Waals surface area contributed by atoms with E-state index in [1.54, 1.807) is 0 Å². The zero-order valence-corrected chi connectivity index (χ0v) is 15.7. The van der Waals surface area contributed by atoms with Gasteiger partial charge in [-0.25, -0.2) is 4.98 Å². The van der Waals surface area contributed by atoms with Gasteiger partial charge in [-0.15, -0.1) is 0 Å². The summed E-state index contributed by atoms with van der Waals surface area (Å²) >= 11 is 3.41. The number of benzene rings is 2. The first-order valence-electron chi connectivity index (χ1n) is 8.07. The lowest BCUT2D eigenvalue weighted by Gasteiger charge is -2.15. The average Bonchev–Trinajstić information content (AvgIpc) is 2.60. The van der Waals surface area contributed by atoms with E-state index in [1.165, 1.54) is 0 Å². The Balaban J connectivity index is 1.64. The maximum absolute atomic E-state index is 12.2. The van der Waals surface area contributed by atoms with Gasteiger partial charge >= 0.3 is 0 Å². The first-order valence-corrected chi connectivity index (χ1v) is 8.86. The van der Waals surface area contributed by atoms with Crippen LogP contribution in [0.25, 0.3) is 10.9 Å². The molecule has 2 aromatic carbocycles. The smallest absolute Gasteiger partial charge is 0.258 e. The summed E-state index contributed by atoms with van der Waals surface area (Å²) < 4.78 is 6.72. The van der Waals surface area contributed by atoms with E-state index in [-0.39, 0.29) is 18.6 Å². The summed E-state index contributed by atoms with van der Waals surface area (Å²) in [6, 6.07) is 17.5. The first-order chi connectivity index (χ1) is 12.0. The van der Waals surface area contributed by atoms with Crippen molar-refractivity contribution in [3.8, 4) is 5.75 Å². The van der Waals surface area contributed by atoms with E-state index in [1.807, 2.05) is 68.4 Å². The van der Waals surface area contributed by atoms with Crippen LogP contribution >= 0.6 is 15.9 Å². The van der Waals surface area contributed by atoms with E-state index in [4.69, 9.17) is 4.74 Å². The number of aromatic nitrogens is 1. The summed E-state index contributed by atoms with van der Waals surface area (Å²) in [5.41, 5.74) is 2.73. The highest BCUT2D eigenvalue weighted by Crippen LogP contribution is 2.24. The third kappa shape index (κ3) is 4.37. The minimum atomic E-state index is -0.167. The molecule has 1 atom stereocenters. The van der Waals surface area contributed by atoms with Crippen molar-refractivity contribution in [2.75, 3.05) is 6.61 Å². The Morgan fingerprint density at radius 3 is 2.68 bits per heavy atom. The third-order valence-corrected chi connectivity index (χ3v) is 4.46. The van der Waals surface area contributed by atoms with Crippen molar-refractivity contribution in [3.05, 3.63) is 70.3 Å². The fourth-order valence-corrected chi connectivity index (χ4v) is 2.86. The normalized spacial score (nSPS) is 12.0. The summed E-state index contributed by atoms with van der Waals surface area (Å²) in [4.78, 5) is 16.7. The lowest BCUT2D eigenvalue weighted by atomic mass is 10.1. The first kappa shape index (κ1) is 17.4. The molecule has 5 heteroatoms. The number of nitrogens with zero attached hydrogens (tertiary/aromatic N) is 1. The van der Waals surface area contributed by atoms with E-state index >= 15 is 0 Å². The molecule has 0 aliphatic rings. The molecule has 25 heavy (non-hydrogen) atoms. The van der Waals surface area contributed by atoms with E-state index in [2.05, 4.69) is 26.2 Å². The molecule has 0 saturated heterocycles. The monoisotopic (exact) mass is 398 g/mol. The molecule has 1 aromatic heterocycles. The molecule has 128 valence electrons. The maximum atomic E-state index is 12.2. The SMILES string of the molecule is Cc1ccc2cccc(OCC(=O)NC(C)c3ccc(Br)cc3)c2n1. The van der Waals surface area contributed by atoms with Crippen LogP contribution in [-0.4, -0.2) is 17.5 Å². The Morgan fingerprint density at radius 1 is 1.16 bits per heavy atom. The van der Waals surface area contributed by atoms with Crippen molar-refractivity contribution in [1.82, 2.24) is 10.3 Å². The molecule has 1 unspecified atom stereocenters. The molecule has 0 radical (unpaired) electrons. The lowest BCUT2D eigenvalue weighted by Crippen LogP contribution is -2.31. The number of halogens is 1. The zero-order valence-electron chi connectivity index (χ0n) is 14.1. The third-order valence-electron chi connectivity index (χ3n) is 3.93. The van der Waals surface area contributed by atoms with Crippen LogP contribution in [0.3, 0.4) is 0 Å². The molecule has 1 amide bonds. The van der Waals surface area contributed by atoms with E-state index in [0.29, 0.717) is 5.75 Å². The predicted octanol–water partition coefficient (Wildman–Crippen LogP) is 4.56. The standard InChI is InChI=1S/C20H19BrN2O2/c1-13-6-7-16-4-3-5-18(20(16)22-13)25-12-19(24)23-14(2)15-8-10-17(21)11-9-15/h3-11,14H,12H2,1-2H3,(H,23,24). The van der Waals surface area contributed by atoms with Crippen LogP contribution in [0.2, 0.25) is 0 Å². The number of aryl methyl sites for hydroxylation is 1. The fraction of sp³-hybridized carbons (Fsp3) is 0.200. The van der Waals surface area contributed by atoms with Gasteiger partial charge in [0.2, 0.25) is 0 Å². The van der Waals surface area contributed by atoms with Crippen molar-refractivity contribution >= 4 is 32.7 Å². The number of rotatable bonds is 5. The molecule has 0 fully saturated rings. The topological polar surface area (TPSA) is 51.2 Å². The molecule has 0 saturated carbocycles. The van der Waals surface area contributed by atoms with Gasteiger partial charge in [0.15, 0.2) is 6.61 Å². The van der Waals surface area contributed by atoms with Crippen LogP contribution in [0.5, 0.6) is 5.75 Å². The van der Waals surface area contributed by atoms with Gasteiger partial charge < -0.3 is 10.1 Å². The molecule has 1 heterocycles. The van der Waals surface area contributed by atoms with Crippen molar-refractivity contribution in [2.45, 2.75) is 19.9 Å². The highest BCUT2D eigenvalue weighted by Gasteiger charge is 2.11. The van der Waals surface area contributed by atoms with Gasteiger partial charge in [0.05, 0.1) is 6.04 Å². The summed E-state index contributed by atoms with van der Waals surface area (Å²) in [5.74, 6) is 0.452. The second-order valence-corrected chi connectivity index (χ2v) is 6.83. The molecule has 3 aromatic rings. The minimum Gasteiger partial charge on any atom is -0.481 e. The number of hydrogen-bond donors (Lipinski definition) is 1. The Bertz CT molecular complexity index is 894. The van der Waals surface area contributed by atoms with E-state index < -0.39 is 0 Å². The highest BCUT2D eigenvalue weighted by molar-refractivity contribution is 9.10. The largest absolute Gasteiger partial charge is 0.481 e. The van der Waals surface area contributed by atoms with Crippen LogP contribution in [-0.2, 0) is 4.79 Å². The number of hydrogen-bond acceptors (Lipinski definition) is 3. The van der Waals surface area contributed by atoms with Crippen LogP contribution < -0.4 is 10.1 Å². The van der Waals surface area contributed by atoms with Gasteiger partial charge in [-0.1, -0.05) is 46.3 Å². The summed E-state index contributed by atoms with van der Waals surface area (Å²) in [7, 11) is 0. The zero-order chi connectivity index (χ0) is 17.8. The van der Waals surface area contributed by atoms with Crippen LogP contribution in [0, 0.1) is 6.92 Å². The van der Waals surface area contributed by atoms with Gasteiger partial charge in [-0.3, -0.25) is 4.79 Å². The summed E-state index contributed by atoms with van der Waals surface area (Å²) in [5, 5.41) is 3.94. The molecule has 0 spiro atoms. The van der Waals surface area contributed by atoms with Crippen molar-refractivity contribution in [1.29, 1.82) is 0 Å². The van der Waals surface area contributed by atoms with Crippen LogP contribution in [0.4, 0.5) is 0 Å². The molecule has 0 aliphatic heterocycles. The van der Waals surface area contributed by atoms with Gasteiger partial charge in [0.1, 0.15) is 11.3 Å². The van der Waals surface area contributed by atoms with Gasteiger partial charge in [0, 0.05) is 15.6 Å². The van der Waals surface area contributed by atoms with Crippen LogP contribution in [0.15, 0.2) is 59.1 Å². The van der Waals surface area contributed by atoms with Gasteiger partial charge in [-0.2, -0.15) is 0 Å². The fourth-order valence-electron chi connectivity index (χ4n) is 2.60. The Labute approximate surface area is 155 Å². The Morgan fingerprint density at radius 2 is 1.92 bits per heavy atom. The highest BCUT2D eigenvalue weighted by atomic mass is 79.9. The molecule has 0 aliphatic carbocycles. The van der Waals surface area contributed by atoms with Gasteiger partial charge in [-0.05, 0) is 43.7 Å². The molecule has 1 N–H and O–H groups in total. The average molecular weight is 399 g/mol. The predicted molar refractivity (Wildman–Crippen MR) is 103 cm³/mol. The van der Waals surface area contributed by atoms with Crippen LogP contribution in [0.1, 0.15) is 24.2 Å². The number of carbonyl (C=O) groups excluding carboxylic acids is 1. The number of pyridine rings is 1. The number of amides is 1. The molecule has 0 bridgehead atoms. The van der Waals surface area contributed by atoms with Crippen molar-refractivity contribution in [2.24, 2.45) is 0 Å². The Hall–Kier alpha value is -2.40. The second kappa shape index (κ2) is 7.66. The summed E-state index contributed by atoms with van der Waals surface area (Å²) in [6.45, 7) is 3.84. The number of carbonyl (C=O) groups is 1. The minimum absolute atomic E-state index is 0.0460. The second-order valence-electron chi connectivity index (χ2n) is 5.91.